The lowest BCUT2D eigenvalue weighted by molar-refractivity contribution is -0.127. The van der Waals surface area contributed by atoms with Crippen LogP contribution in [0.3, 0.4) is 0 Å². The van der Waals surface area contributed by atoms with E-state index in [1.807, 2.05) is 6.07 Å². The van der Waals surface area contributed by atoms with Gasteiger partial charge in [0.15, 0.2) is 11.5 Å². The van der Waals surface area contributed by atoms with Crippen molar-refractivity contribution in [1.29, 1.82) is 0 Å². The van der Waals surface area contributed by atoms with E-state index in [2.05, 4.69) is 10.5 Å². The van der Waals surface area contributed by atoms with E-state index in [1.54, 1.807) is 30.3 Å². The molecule has 0 aromatic heterocycles. The summed E-state index contributed by atoms with van der Waals surface area (Å²) >= 11 is 0. The Balaban J connectivity index is 1.86. The number of methoxy groups -OCH3 is 1. The molecule has 1 amide bonds. The number of hydrazone groups is 1. The van der Waals surface area contributed by atoms with Crippen LogP contribution in [0.2, 0.25) is 0 Å². The minimum atomic E-state index is -0.990. The first-order valence-electron chi connectivity index (χ1n) is 9.24. The van der Waals surface area contributed by atoms with Gasteiger partial charge in [-0.1, -0.05) is 0 Å². The lowest BCUT2D eigenvalue weighted by Gasteiger charge is -2.17. The summed E-state index contributed by atoms with van der Waals surface area (Å²) in [4.78, 5) is 24.1. The van der Waals surface area contributed by atoms with E-state index in [1.165, 1.54) is 26.2 Å². The molecular formula is C21H23N3O6. The lowest BCUT2D eigenvalue weighted by atomic mass is 10.0. The number of anilines is 1. The number of carbonyl (C=O) groups is 2. The average Bonchev–Trinajstić information content (AvgIpc) is 3.20. The van der Waals surface area contributed by atoms with Crippen molar-refractivity contribution in [3.8, 4) is 17.2 Å². The molecule has 0 spiro atoms. The van der Waals surface area contributed by atoms with Crippen LogP contribution in [0.1, 0.15) is 28.4 Å². The number of carboxylic acids is 1. The molecule has 0 aliphatic carbocycles. The molecule has 0 bridgehead atoms. The molecular weight excluding hydrogens is 390 g/mol. The molecule has 0 radical (unpaired) electrons. The van der Waals surface area contributed by atoms with Crippen LogP contribution in [-0.4, -0.2) is 55.6 Å². The predicted molar refractivity (Wildman–Crippen MR) is 111 cm³/mol. The smallest absolute Gasteiger partial charge is 0.335 e. The number of fused-ring (bicyclic) bond motifs is 1. The van der Waals surface area contributed by atoms with Crippen LogP contribution >= 0.6 is 0 Å². The van der Waals surface area contributed by atoms with Crippen LogP contribution in [0.15, 0.2) is 35.4 Å². The molecule has 2 N–H and O–H groups in total. The van der Waals surface area contributed by atoms with E-state index >= 15 is 0 Å². The highest BCUT2D eigenvalue weighted by Gasteiger charge is 2.24. The van der Waals surface area contributed by atoms with Crippen LogP contribution in [0.25, 0.3) is 0 Å². The molecule has 9 heteroatoms. The molecule has 3 rings (SSSR count). The molecule has 2 aromatic carbocycles. The van der Waals surface area contributed by atoms with Crippen LogP contribution in [0.4, 0.5) is 5.69 Å². The van der Waals surface area contributed by atoms with Gasteiger partial charge in [0.2, 0.25) is 18.4 Å². The van der Waals surface area contributed by atoms with Crippen molar-refractivity contribution >= 4 is 23.8 Å². The second-order valence-corrected chi connectivity index (χ2v) is 6.66. The third-order valence-corrected chi connectivity index (χ3v) is 4.72. The zero-order valence-corrected chi connectivity index (χ0v) is 17.0. The first-order chi connectivity index (χ1) is 14.4. The molecule has 0 unspecified atom stereocenters. The van der Waals surface area contributed by atoms with Crippen molar-refractivity contribution in [3.05, 3.63) is 47.0 Å². The first-order valence-corrected chi connectivity index (χ1v) is 9.24. The van der Waals surface area contributed by atoms with Gasteiger partial charge in [-0.15, -0.1) is 0 Å². The largest absolute Gasteiger partial charge is 0.492 e. The van der Waals surface area contributed by atoms with Gasteiger partial charge in [0, 0.05) is 26.1 Å². The van der Waals surface area contributed by atoms with E-state index in [0.717, 1.165) is 5.56 Å². The van der Waals surface area contributed by atoms with Crippen LogP contribution in [-0.2, 0) is 11.2 Å². The van der Waals surface area contributed by atoms with Crippen LogP contribution < -0.4 is 19.6 Å². The highest BCUT2D eigenvalue weighted by molar-refractivity contribution is 5.89. The zero-order valence-electron chi connectivity index (χ0n) is 17.0. The van der Waals surface area contributed by atoms with Gasteiger partial charge in [-0.25, -0.2) is 4.79 Å². The molecule has 0 atom stereocenters. The van der Waals surface area contributed by atoms with Gasteiger partial charge in [-0.3, -0.25) is 10.2 Å². The predicted octanol–water partition coefficient (Wildman–Crippen LogP) is 2.59. The van der Waals surface area contributed by atoms with Crippen molar-refractivity contribution in [2.24, 2.45) is 5.10 Å². The molecule has 158 valence electrons. The number of rotatable bonds is 8. The van der Waals surface area contributed by atoms with Gasteiger partial charge >= 0.3 is 5.97 Å². The summed E-state index contributed by atoms with van der Waals surface area (Å²) in [6, 6.07) is 8.09. The average molecular weight is 413 g/mol. The molecule has 1 heterocycles. The number of nitrogens with zero attached hydrogens (tertiary/aromatic N) is 2. The molecule has 1 aliphatic heterocycles. The van der Waals surface area contributed by atoms with Crippen LogP contribution in [0.5, 0.6) is 17.2 Å². The summed E-state index contributed by atoms with van der Waals surface area (Å²) in [6.07, 6.45) is 2.17. The van der Waals surface area contributed by atoms with Gasteiger partial charge in [-0.2, -0.15) is 5.10 Å². The summed E-state index contributed by atoms with van der Waals surface area (Å²) in [5, 5.41) is 13.2. The summed E-state index contributed by atoms with van der Waals surface area (Å²) in [7, 11) is 3.28. The minimum Gasteiger partial charge on any atom is -0.492 e. The topological polar surface area (TPSA) is 110 Å². The normalized spacial score (nSPS) is 12.1. The first kappa shape index (κ1) is 21.0. The molecule has 2 aromatic rings. The van der Waals surface area contributed by atoms with E-state index in [9.17, 15) is 9.59 Å². The standard InChI is InChI=1S/C21H23N3O6/c1-13(25)24(2)9-8-15-10-18-20(30-12-29-18)19(28-3)17(15)11-22-23-16-6-4-14(5-7-16)21(26)27/h4-7,10-11,23H,8-9,12H2,1-3H3,(H,26,27)/b22-11+. The van der Waals surface area contributed by atoms with Crippen molar-refractivity contribution in [2.45, 2.75) is 13.3 Å². The Morgan fingerprint density at radius 2 is 2.03 bits per heavy atom. The Labute approximate surface area is 173 Å². The molecule has 1 aliphatic rings. The number of benzene rings is 2. The van der Waals surface area contributed by atoms with Gasteiger partial charge in [-0.05, 0) is 42.3 Å². The number of hydrogen-bond acceptors (Lipinski definition) is 7. The van der Waals surface area contributed by atoms with Crippen molar-refractivity contribution < 1.29 is 28.9 Å². The van der Waals surface area contributed by atoms with Crippen molar-refractivity contribution in [3.63, 3.8) is 0 Å². The second kappa shape index (κ2) is 9.17. The Hall–Kier alpha value is -3.75. The second-order valence-electron chi connectivity index (χ2n) is 6.66. The Morgan fingerprint density at radius 3 is 2.67 bits per heavy atom. The molecule has 30 heavy (non-hydrogen) atoms. The summed E-state index contributed by atoms with van der Waals surface area (Å²) in [5.41, 5.74) is 5.29. The number of hydrogen-bond donors (Lipinski definition) is 2. The van der Waals surface area contributed by atoms with Crippen LogP contribution in [0, 0.1) is 0 Å². The number of amides is 1. The van der Waals surface area contributed by atoms with E-state index in [0.29, 0.717) is 41.5 Å². The van der Waals surface area contributed by atoms with Crippen molar-refractivity contribution in [2.75, 3.05) is 32.9 Å². The van der Waals surface area contributed by atoms with E-state index in [-0.39, 0.29) is 18.3 Å². The Bertz CT molecular complexity index is 972. The molecule has 0 fully saturated rings. The highest BCUT2D eigenvalue weighted by atomic mass is 16.7. The highest BCUT2D eigenvalue weighted by Crippen LogP contribution is 2.44. The quantitative estimate of drug-likeness (QED) is 0.506. The molecule has 0 saturated carbocycles. The maximum Gasteiger partial charge on any atom is 0.335 e. The molecule has 9 nitrogen and oxygen atoms in total. The fraction of sp³-hybridized carbons (Fsp3) is 0.286. The van der Waals surface area contributed by atoms with Gasteiger partial charge in [0.25, 0.3) is 0 Å². The Kier molecular flexibility index (Phi) is 6.41. The number of nitrogens with one attached hydrogen (secondary N) is 1. The summed E-state index contributed by atoms with van der Waals surface area (Å²) in [6.45, 7) is 2.14. The number of likely N-dealkylation sites (N-methyl/N-ethyl adjacent to an activating group) is 1. The van der Waals surface area contributed by atoms with Crippen molar-refractivity contribution in [1.82, 2.24) is 4.90 Å². The number of ether oxygens (including phenoxy) is 3. The van der Waals surface area contributed by atoms with E-state index < -0.39 is 5.97 Å². The summed E-state index contributed by atoms with van der Waals surface area (Å²) in [5.74, 6) is 0.576. The minimum absolute atomic E-state index is 0.0237. The number of carbonyl (C=O) groups excluding carboxylic acids is 1. The number of aromatic carboxylic acids is 1. The fourth-order valence-electron chi connectivity index (χ4n) is 2.93. The fourth-order valence-corrected chi connectivity index (χ4v) is 2.93. The Morgan fingerprint density at radius 1 is 1.30 bits per heavy atom. The monoisotopic (exact) mass is 413 g/mol. The van der Waals surface area contributed by atoms with Gasteiger partial charge in [0.05, 0.1) is 24.6 Å². The SMILES string of the molecule is COc1c(/C=N/Nc2ccc(C(=O)O)cc2)c(CCN(C)C(C)=O)cc2c1OCO2. The van der Waals surface area contributed by atoms with Gasteiger partial charge < -0.3 is 24.2 Å². The maximum atomic E-state index is 11.5. The third-order valence-electron chi connectivity index (χ3n) is 4.72. The zero-order chi connectivity index (χ0) is 21.7. The van der Waals surface area contributed by atoms with Gasteiger partial charge in [0.1, 0.15) is 0 Å². The van der Waals surface area contributed by atoms with E-state index in [4.69, 9.17) is 19.3 Å². The molecule has 0 saturated heterocycles. The lowest BCUT2D eigenvalue weighted by Crippen LogP contribution is -2.26. The third kappa shape index (κ3) is 4.62. The number of carboxylic acid groups (broad SMARTS) is 1. The summed E-state index contributed by atoms with van der Waals surface area (Å²) < 4.78 is 16.6. The maximum absolute atomic E-state index is 11.5.